The fourth-order valence-corrected chi connectivity index (χ4v) is 7.37. The van der Waals surface area contributed by atoms with Gasteiger partial charge in [-0.1, -0.05) is 30.0 Å². The zero-order valence-corrected chi connectivity index (χ0v) is 22.7. The van der Waals surface area contributed by atoms with Crippen LogP contribution in [0.5, 0.6) is 11.5 Å². The second-order valence-corrected chi connectivity index (χ2v) is 11.5. The molecule has 11 heteroatoms. The Hall–Kier alpha value is -4.01. The van der Waals surface area contributed by atoms with Crippen LogP contribution in [-0.4, -0.2) is 59.8 Å². The Bertz CT molecular complexity index is 1380. The highest BCUT2D eigenvalue weighted by Crippen LogP contribution is 2.48. The molecule has 6 rings (SSSR count). The number of benzene rings is 2. The molecule has 0 aliphatic carbocycles. The van der Waals surface area contributed by atoms with Gasteiger partial charge >= 0.3 is 6.03 Å². The summed E-state index contributed by atoms with van der Waals surface area (Å²) in [5, 5.41) is 18.5. The molecule has 0 spiro atoms. The van der Waals surface area contributed by atoms with Crippen molar-refractivity contribution >= 4 is 35.3 Å². The normalized spacial score (nSPS) is 25.5. The van der Waals surface area contributed by atoms with Crippen molar-refractivity contribution in [2.75, 3.05) is 24.5 Å². The Morgan fingerprint density at radius 2 is 1.88 bits per heavy atom. The van der Waals surface area contributed by atoms with Gasteiger partial charge in [0, 0.05) is 36.4 Å². The lowest BCUT2D eigenvalue weighted by Gasteiger charge is -2.45. The molecule has 4 heterocycles. The maximum absolute atomic E-state index is 13.5. The maximum Gasteiger partial charge on any atom is 0.326 e. The Labute approximate surface area is 236 Å². The van der Waals surface area contributed by atoms with E-state index >= 15 is 0 Å². The van der Waals surface area contributed by atoms with Crippen molar-refractivity contribution in [2.45, 2.75) is 43.1 Å². The minimum Gasteiger partial charge on any atom is -0.457 e. The van der Waals surface area contributed by atoms with Gasteiger partial charge in [-0.05, 0) is 62.2 Å². The average Bonchev–Trinajstić information content (AvgIpc) is 3.34. The van der Waals surface area contributed by atoms with Crippen LogP contribution >= 0.6 is 11.8 Å². The third-order valence-electron chi connectivity index (χ3n) is 7.78. The first-order chi connectivity index (χ1) is 19.5. The van der Waals surface area contributed by atoms with E-state index in [4.69, 9.17) is 10.00 Å². The van der Waals surface area contributed by atoms with Gasteiger partial charge in [0.15, 0.2) is 0 Å². The monoisotopic (exact) mass is 558 g/mol. The van der Waals surface area contributed by atoms with Crippen molar-refractivity contribution in [2.24, 2.45) is 5.92 Å². The molecule has 10 nitrogen and oxygen atoms in total. The lowest BCUT2D eigenvalue weighted by molar-refractivity contribution is -0.132. The second-order valence-electron chi connectivity index (χ2n) is 10.3. The lowest BCUT2D eigenvalue weighted by Crippen LogP contribution is -2.62. The van der Waals surface area contributed by atoms with Gasteiger partial charge in [0.2, 0.25) is 5.91 Å². The highest BCUT2D eigenvalue weighted by Gasteiger charge is 2.51. The van der Waals surface area contributed by atoms with E-state index in [2.05, 4.69) is 16.0 Å². The molecule has 4 aliphatic heterocycles. The zero-order chi connectivity index (χ0) is 27.6. The number of carbonyl (C=O) groups is 3. The summed E-state index contributed by atoms with van der Waals surface area (Å²) in [6.07, 6.45) is 2.12. The number of nitriles is 1. The molecule has 2 aromatic carbocycles. The number of likely N-dealkylation sites (tertiary alicyclic amines) is 1. The van der Waals surface area contributed by atoms with E-state index in [0.29, 0.717) is 29.4 Å². The third-order valence-corrected chi connectivity index (χ3v) is 9.14. The molecule has 3 unspecified atom stereocenters. The van der Waals surface area contributed by atoms with Crippen LogP contribution in [0.25, 0.3) is 0 Å². The fourth-order valence-electron chi connectivity index (χ4n) is 5.97. The number of para-hydroxylation sites is 1. The number of urea groups is 1. The molecular formula is C29H30N6O4S. The molecule has 4 aliphatic rings. The first kappa shape index (κ1) is 26.2. The molecule has 0 radical (unpaired) electrons. The number of piperidine rings is 2. The Morgan fingerprint density at radius 1 is 1.10 bits per heavy atom. The summed E-state index contributed by atoms with van der Waals surface area (Å²) in [5.74, 6) is 0.923. The summed E-state index contributed by atoms with van der Waals surface area (Å²) in [4.78, 5) is 43.1. The summed E-state index contributed by atoms with van der Waals surface area (Å²) in [6.45, 7) is 1.71. The van der Waals surface area contributed by atoms with Crippen molar-refractivity contribution in [1.29, 1.82) is 5.26 Å². The number of thioether (sulfide) groups is 1. The molecular weight excluding hydrogens is 528 g/mol. The van der Waals surface area contributed by atoms with Crippen molar-refractivity contribution < 1.29 is 19.1 Å². The minimum atomic E-state index is -0.257. The van der Waals surface area contributed by atoms with Crippen molar-refractivity contribution in [3.05, 3.63) is 65.2 Å². The molecule has 3 saturated heterocycles. The van der Waals surface area contributed by atoms with E-state index in [1.54, 1.807) is 9.80 Å². The van der Waals surface area contributed by atoms with Crippen molar-refractivity contribution in [3.8, 4) is 17.6 Å². The van der Waals surface area contributed by atoms with Gasteiger partial charge in [-0.15, -0.1) is 0 Å². The largest absolute Gasteiger partial charge is 0.457 e. The predicted molar refractivity (Wildman–Crippen MR) is 150 cm³/mol. The minimum absolute atomic E-state index is 0.0293. The molecule has 0 saturated carbocycles. The van der Waals surface area contributed by atoms with E-state index in [1.165, 1.54) is 11.8 Å². The van der Waals surface area contributed by atoms with Gasteiger partial charge in [0.25, 0.3) is 5.91 Å². The topological polar surface area (TPSA) is 127 Å². The van der Waals surface area contributed by atoms with Crippen LogP contribution in [0, 0.1) is 17.2 Å². The van der Waals surface area contributed by atoms with Crippen LogP contribution in [0.1, 0.15) is 25.7 Å². The number of nitrogens with zero attached hydrogens (tertiary/aromatic N) is 3. The Kier molecular flexibility index (Phi) is 7.36. The number of rotatable bonds is 6. The smallest absolute Gasteiger partial charge is 0.326 e. The number of amides is 4. The fraction of sp³-hybridized carbons (Fsp3) is 0.379. The maximum atomic E-state index is 13.5. The molecule has 3 N–H and O–H groups in total. The molecule has 4 atom stereocenters. The molecule has 0 bridgehead atoms. The van der Waals surface area contributed by atoms with E-state index in [0.717, 1.165) is 37.2 Å². The highest BCUT2D eigenvalue weighted by molar-refractivity contribution is 8.04. The Balaban J connectivity index is 1.18. The predicted octanol–water partition coefficient (Wildman–Crippen LogP) is 3.29. The van der Waals surface area contributed by atoms with E-state index < -0.39 is 0 Å². The second kappa shape index (κ2) is 11.2. The summed E-state index contributed by atoms with van der Waals surface area (Å²) >= 11 is 1.46. The van der Waals surface area contributed by atoms with E-state index in [-0.39, 0.29) is 47.6 Å². The van der Waals surface area contributed by atoms with Gasteiger partial charge in [-0.3, -0.25) is 14.5 Å². The Morgan fingerprint density at radius 3 is 2.65 bits per heavy atom. The summed E-state index contributed by atoms with van der Waals surface area (Å²) < 4.78 is 5.91. The quantitative estimate of drug-likeness (QED) is 0.497. The standard InChI is InChI=1S/C29H30N6O4S/c30-14-12-23(36)34-16-4-5-18(17-34)32-27(37)26-25-24-22(13-15-31-28(24)40-26)35(29(38)33-25)19-8-10-21(11-9-19)39-20-6-2-1-3-7-20/h1-3,6-11,18,22,24,28,31H,4-5,12-13,15-17H2,(H,32,37)(H,33,38)/t18-,22?,24?,28?/m1/s1. The summed E-state index contributed by atoms with van der Waals surface area (Å²) in [6, 6.07) is 18.4. The molecule has 3 fully saturated rings. The van der Waals surface area contributed by atoms with Crippen LogP contribution < -0.4 is 25.6 Å². The van der Waals surface area contributed by atoms with Gasteiger partial charge < -0.3 is 25.6 Å². The number of hydrogen-bond acceptors (Lipinski definition) is 7. The van der Waals surface area contributed by atoms with Crippen LogP contribution in [0.3, 0.4) is 0 Å². The number of nitrogens with one attached hydrogen (secondary N) is 3. The van der Waals surface area contributed by atoms with Crippen LogP contribution in [0.2, 0.25) is 0 Å². The lowest BCUT2D eigenvalue weighted by atomic mass is 9.86. The highest BCUT2D eigenvalue weighted by atomic mass is 32.2. The van der Waals surface area contributed by atoms with Crippen molar-refractivity contribution in [1.82, 2.24) is 20.9 Å². The number of ether oxygens (including phenoxy) is 1. The molecule has 40 heavy (non-hydrogen) atoms. The van der Waals surface area contributed by atoms with Gasteiger partial charge in [0.05, 0.1) is 22.4 Å². The molecule has 2 aromatic rings. The number of hydrogen-bond donors (Lipinski definition) is 3. The van der Waals surface area contributed by atoms with Gasteiger partial charge in [-0.2, -0.15) is 5.26 Å². The van der Waals surface area contributed by atoms with Gasteiger partial charge in [-0.25, -0.2) is 4.79 Å². The van der Waals surface area contributed by atoms with E-state index in [9.17, 15) is 14.4 Å². The molecule has 0 aromatic heterocycles. The van der Waals surface area contributed by atoms with E-state index in [1.807, 2.05) is 60.7 Å². The van der Waals surface area contributed by atoms with Crippen molar-refractivity contribution in [3.63, 3.8) is 0 Å². The molecule has 4 amide bonds. The summed E-state index contributed by atoms with van der Waals surface area (Å²) in [7, 11) is 0. The first-order valence-corrected chi connectivity index (χ1v) is 14.4. The average molecular weight is 559 g/mol. The first-order valence-electron chi connectivity index (χ1n) is 13.5. The third kappa shape index (κ3) is 5.12. The number of carbonyl (C=O) groups excluding carboxylic acids is 3. The SMILES string of the molecule is N#CCC(=O)N1CCC[C@@H](NC(=O)C2=C3NC(=O)N(c4ccc(Oc5ccccc5)cc4)C4CCNC(S2)C34)C1. The van der Waals surface area contributed by atoms with Crippen LogP contribution in [0.4, 0.5) is 10.5 Å². The molecule has 206 valence electrons. The van der Waals surface area contributed by atoms with Gasteiger partial charge in [0.1, 0.15) is 17.9 Å². The summed E-state index contributed by atoms with van der Waals surface area (Å²) in [5.41, 5.74) is 1.44. The van der Waals surface area contributed by atoms with Crippen LogP contribution in [-0.2, 0) is 9.59 Å². The number of anilines is 1. The zero-order valence-electron chi connectivity index (χ0n) is 21.8. The van der Waals surface area contributed by atoms with Crippen LogP contribution in [0.15, 0.2) is 65.2 Å².